The number of rotatable bonds is 4. The Morgan fingerprint density at radius 2 is 1.64 bits per heavy atom. The Balaban J connectivity index is 1.63. The minimum Gasteiger partial charge on any atom is -0.343 e. The van der Waals surface area contributed by atoms with Gasteiger partial charge in [0.25, 0.3) is 0 Å². The van der Waals surface area contributed by atoms with Crippen LogP contribution in [0.5, 0.6) is 0 Å². The highest BCUT2D eigenvalue weighted by Gasteiger charge is 2.35. The summed E-state index contributed by atoms with van der Waals surface area (Å²) in [7, 11) is -2.27. The Morgan fingerprint density at radius 1 is 1.04 bits per heavy atom. The highest BCUT2D eigenvalue weighted by molar-refractivity contribution is 7.89. The van der Waals surface area contributed by atoms with E-state index in [-0.39, 0.29) is 31.0 Å². The number of sulfonamides is 1. The van der Waals surface area contributed by atoms with Crippen LogP contribution in [0.4, 0.5) is 8.78 Å². The van der Waals surface area contributed by atoms with E-state index in [1.165, 1.54) is 12.8 Å². The van der Waals surface area contributed by atoms with Gasteiger partial charge in [0.15, 0.2) is 0 Å². The van der Waals surface area contributed by atoms with Crippen molar-refractivity contribution < 1.29 is 22.0 Å². The van der Waals surface area contributed by atoms with Gasteiger partial charge in [-0.05, 0) is 43.9 Å². The molecule has 1 saturated carbocycles. The topological polar surface area (TPSA) is 57.7 Å². The molecule has 28 heavy (non-hydrogen) atoms. The van der Waals surface area contributed by atoms with E-state index in [2.05, 4.69) is 0 Å². The molecular weight excluding hydrogens is 386 g/mol. The fourth-order valence-electron chi connectivity index (χ4n) is 4.27. The highest BCUT2D eigenvalue weighted by Crippen LogP contribution is 2.28. The van der Waals surface area contributed by atoms with E-state index in [0.717, 1.165) is 42.1 Å². The lowest BCUT2D eigenvalue weighted by atomic mass is 9.95. The summed E-state index contributed by atoms with van der Waals surface area (Å²) < 4.78 is 53.9. The largest absolute Gasteiger partial charge is 0.343 e. The van der Waals surface area contributed by atoms with Crippen LogP contribution in [-0.2, 0) is 14.8 Å². The maximum absolute atomic E-state index is 13.9. The molecule has 1 saturated heterocycles. The lowest BCUT2D eigenvalue weighted by Crippen LogP contribution is -2.46. The molecule has 5 nitrogen and oxygen atoms in total. The lowest BCUT2D eigenvalue weighted by Gasteiger charge is -2.35. The lowest BCUT2D eigenvalue weighted by molar-refractivity contribution is -0.137. The normalized spacial score (nSPS) is 20.7. The molecule has 1 aliphatic carbocycles. The fourth-order valence-corrected chi connectivity index (χ4v) is 5.82. The van der Waals surface area contributed by atoms with Crippen molar-refractivity contribution in [2.24, 2.45) is 5.92 Å². The summed E-state index contributed by atoms with van der Waals surface area (Å²) in [6.07, 6.45) is 7.54. The smallest absolute Gasteiger partial charge is 0.246 e. The summed E-state index contributed by atoms with van der Waals surface area (Å²) in [6.45, 7) is 0.264. The Bertz CT molecular complexity index is 800. The Labute approximate surface area is 165 Å². The second-order valence-corrected chi connectivity index (χ2v) is 9.75. The summed E-state index contributed by atoms with van der Waals surface area (Å²) in [5.41, 5.74) is 0. The molecule has 8 heteroatoms. The SMILES string of the molecule is CN(C(=O)C1CCN(S(=O)(=O)c2cc(F)ccc2F)CC1)C1CCCCCC1. The molecule has 3 rings (SSSR count). The van der Waals surface area contributed by atoms with E-state index in [4.69, 9.17) is 0 Å². The zero-order chi connectivity index (χ0) is 20.3. The molecule has 0 N–H and O–H groups in total. The van der Waals surface area contributed by atoms with E-state index in [1.807, 2.05) is 11.9 Å². The molecule has 0 bridgehead atoms. The maximum Gasteiger partial charge on any atom is 0.246 e. The Kier molecular flexibility index (Phi) is 6.70. The fraction of sp³-hybridized carbons (Fsp3) is 0.650. The predicted octanol–water partition coefficient (Wildman–Crippen LogP) is 3.55. The Hall–Kier alpha value is -1.54. The van der Waals surface area contributed by atoms with E-state index in [1.54, 1.807) is 0 Å². The minimum atomic E-state index is -4.12. The number of amides is 1. The third kappa shape index (κ3) is 4.54. The second-order valence-electron chi connectivity index (χ2n) is 7.85. The monoisotopic (exact) mass is 414 g/mol. The molecule has 0 unspecified atom stereocenters. The second kappa shape index (κ2) is 8.86. The number of hydrogen-bond donors (Lipinski definition) is 0. The van der Waals surface area contributed by atoms with Gasteiger partial charge in [-0.15, -0.1) is 0 Å². The summed E-state index contributed by atoms with van der Waals surface area (Å²) in [6, 6.07) is 2.68. The van der Waals surface area contributed by atoms with Crippen molar-refractivity contribution in [3.8, 4) is 0 Å². The molecule has 1 aromatic carbocycles. The number of hydrogen-bond acceptors (Lipinski definition) is 3. The van der Waals surface area contributed by atoms with Gasteiger partial charge >= 0.3 is 0 Å². The zero-order valence-electron chi connectivity index (χ0n) is 16.2. The van der Waals surface area contributed by atoms with Crippen molar-refractivity contribution >= 4 is 15.9 Å². The van der Waals surface area contributed by atoms with Crippen LogP contribution >= 0.6 is 0 Å². The van der Waals surface area contributed by atoms with Gasteiger partial charge in [0.2, 0.25) is 15.9 Å². The number of piperidine rings is 1. The summed E-state index contributed by atoms with van der Waals surface area (Å²) in [5, 5.41) is 0. The van der Waals surface area contributed by atoms with Gasteiger partial charge < -0.3 is 4.90 Å². The van der Waals surface area contributed by atoms with Crippen LogP contribution in [0.2, 0.25) is 0 Å². The van der Waals surface area contributed by atoms with Crippen LogP contribution in [-0.4, -0.2) is 49.7 Å². The summed E-state index contributed by atoms with van der Waals surface area (Å²) in [4.78, 5) is 14.1. The van der Waals surface area contributed by atoms with Gasteiger partial charge in [0.1, 0.15) is 16.5 Å². The van der Waals surface area contributed by atoms with Gasteiger partial charge in [0.05, 0.1) is 0 Å². The van der Waals surface area contributed by atoms with Crippen molar-refractivity contribution in [2.75, 3.05) is 20.1 Å². The molecule has 2 aliphatic rings. The van der Waals surface area contributed by atoms with Gasteiger partial charge in [-0.2, -0.15) is 4.31 Å². The van der Waals surface area contributed by atoms with Gasteiger partial charge in [-0.1, -0.05) is 25.7 Å². The van der Waals surface area contributed by atoms with Crippen LogP contribution in [0, 0.1) is 17.6 Å². The number of benzene rings is 1. The molecule has 0 radical (unpaired) electrons. The van der Waals surface area contributed by atoms with Crippen molar-refractivity contribution in [3.05, 3.63) is 29.8 Å². The standard InChI is InChI=1S/C20H28F2N2O3S/c1-23(17-6-4-2-3-5-7-17)20(25)15-10-12-24(13-11-15)28(26,27)19-14-16(21)8-9-18(19)22/h8-9,14-15,17H,2-7,10-13H2,1H3. The molecular formula is C20H28F2N2O3S. The molecule has 0 spiro atoms. The number of carbonyl (C=O) groups is 1. The molecule has 1 heterocycles. The van der Waals surface area contributed by atoms with Crippen LogP contribution < -0.4 is 0 Å². The number of halogens is 2. The third-order valence-corrected chi connectivity index (χ3v) is 7.95. The van der Waals surface area contributed by atoms with Crippen molar-refractivity contribution in [3.63, 3.8) is 0 Å². The van der Waals surface area contributed by atoms with E-state index in [0.29, 0.717) is 18.9 Å². The zero-order valence-corrected chi connectivity index (χ0v) is 17.1. The van der Waals surface area contributed by atoms with Gasteiger partial charge in [-0.3, -0.25) is 4.79 Å². The first-order valence-electron chi connectivity index (χ1n) is 10.0. The van der Waals surface area contributed by atoms with E-state index in [9.17, 15) is 22.0 Å². The molecule has 0 atom stereocenters. The minimum absolute atomic E-state index is 0.0703. The van der Waals surface area contributed by atoms with Crippen molar-refractivity contribution in [2.45, 2.75) is 62.3 Å². The summed E-state index contributed by atoms with van der Waals surface area (Å²) >= 11 is 0. The first-order chi connectivity index (χ1) is 13.3. The predicted molar refractivity (Wildman–Crippen MR) is 102 cm³/mol. The highest BCUT2D eigenvalue weighted by atomic mass is 32.2. The summed E-state index contributed by atoms with van der Waals surface area (Å²) in [5.74, 6) is -1.92. The molecule has 0 aromatic heterocycles. The van der Waals surface area contributed by atoms with Crippen LogP contribution in [0.1, 0.15) is 51.4 Å². The van der Waals surface area contributed by atoms with Crippen LogP contribution in [0.25, 0.3) is 0 Å². The first kappa shape index (κ1) is 21.2. The average Bonchev–Trinajstić information content (AvgIpc) is 2.98. The average molecular weight is 415 g/mol. The molecule has 1 amide bonds. The van der Waals surface area contributed by atoms with Crippen LogP contribution in [0.3, 0.4) is 0 Å². The molecule has 2 fully saturated rings. The molecule has 1 aliphatic heterocycles. The van der Waals surface area contributed by atoms with Gasteiger partial charge in [-0.25, -0.2) is 17.2 Å². The van der Waals surface area contributed by atoms with Crippen molar-refractivity contribution in [1.82, 2.24) is 9.21 Å². The first-order valence-corrected chi connectivity index (χ1v) is 11.5. The van der Waals surface area contributed by atoms with Crippen molar-refractivity contribution in [1.29, 1.82) is 0 Å². The molecule has 1 aromatic rings. The van der Waals surface area contributed by atoms with Gasteiger partial charge in [0, 0.05) is 32.1 Å². The van der Waals surface area contributed by atoms with E-state index >= 15 is 0 Å². The van der Waals surface area contributed by atoms with E-state index < -0.39 is 26.6 Å². The van der Waals surface area contributed by atoms with Crippen LogP contribution in [0.15, 0.2) is 23.1 Å². The quantitative estimate of drug-likeness (QED) is 0.708. The number of nitrogens with zero attached hydrogens (tertiary/aromatic N) is 2. The number of carbonyl (C=O) groups excluding carboxylic acids is 1. The third-order valence-electron chi connectivity index (χ3n) is 6.03. The molecule has 156 valence electrons. The maximum atomic E-state index is 13.9. The Morgan fingerprint density at radius 3 is 2.25 bits per heavy atom.